The van der Waals surface area contributed by atoms with Crippen LogP contribution >= 0.6 is 15.9 Å². The minimum Gasteiger partial charge on any atom is -0.352 e. The van der Waals surface area contributed by atoms with E-state index < -0.39 is 10.8 Å². The van der Waals surface area contributed by atoms with E-state index in [1.54, 1.807) is 12.1 Å². The Morgan fingerprint density at radius 1 is 1.39 bits per heavy atom. The normalized spacial score (nSPS) is 22.6. The summed E-state index contributed by atoms with van der Waals surface area (Å²) in [6, 6.07) is 4.88. The molecule has 6 heteroatoms. The van der Waals surface area contributed by atoms with E-state index in [2.05, 4.69) is 21.2 Å². The van der Waals surface area contributed by atoms with Gasteiger partial charge in [-0.25, -0.2) is 4.39 Å². The zero-order valence-corrected chi connectivity index (χ0v) is 15.7. The van der Waals surface area contributed by atoms with Crippen molar-refractivity contribution in [2.75, 3.05) is 5.75 Å². The zero-order chi connectivity index (χ0) is 16.8. The Morgan fingerprint density at radius 3 is 2.83 bits per heavy atom. The first-order chi connectivity index (χ1) is 11.0. The summed E-state index contributed by atoms with van der Waals surface area (Å²) in [6.07, 6.45) is 4.55. The van der Waals surface area contributed by atoms with Gasteiger partial charge in [0.25, 0.3) is 0 Å². The van der Waals surface area contributed by atoms with Crippen molar-refractivity contribution in [3.8, 4) is 0 Å². The lowest BCUT2D eigenvalue weighted by molar-refractivity contribution is -0.121. The third-order valence-corrected chi connectivity index (χ3v) is 6.61. The molecule has 1 aromatic rings. The highest BCUT2D eigenvalue weighted by Gasteiger charge is 2.30. The number of halogens is 2. The molecule has 0 aliphatic heterocycles. The lowest BCUT2D eigenvalue weighted by atomic mass is 9.94. The van der Waals surface area contributed by atoms with Gasteiger partial charge in [-0.3, -0.25) is 9.00 Å². The largest absolute Gasteiger partial charge is 0.352 e. The van der Waals surface area contributed by atoms with Crippen LogP contribution in [0.3, 0.4) is 0 Å². The van der Waals surface area contributed by atoms with E-state index in [1.165, 1.54) is 6.07 Å². The number of rotatable bonds is 6. The first-order valence-corrected chi connectivity index (χ1v) is 10.3. The van der Waals surface area contributed by atoms with E-state index in [1.807, 2.05) is 6.92 Å². The monoisotopic (exact) mass is 403 g/mol. The highest BCUT2D eigenvalue weighted by molar-refractivity contribution is 9.10. The third-order valence-electron chi connectivity index (χ3n) is 4.31. The number of nitrogens with one attached hydrogen (secondary N) is 1. The van der Waals surface area contributed by atoms with Crippen molar-refractivity contribution in [1.29, 1.82) is 0 Å². The van der Waals surface area contributed by atoms with E-state index in [0.717, 1.165) is 25.7 Å². The minimum absolute atomic E-state index is 0.00759. The zero-order valence-electron chi connectivity index (χ0n) is 13.3. The van der Waals surface area contributed by atoms with Crippen LogP contribution in [0.15, 0.2) is 22.7 Å². The number of benzene rings is 1. The lowest BCUT2D eigenvalue weighted by Gasteiger charge is -2.31. The summed E-state index contributed by atoms with van der Waals surface area (Å²) in [5, 5.41) is 3.08. The molecule has 1 amide bonds. The fourth-order valence-corrected chi connectivity index (χ4v) is 4.80. The fraction of sp³-hybridized carbons (Fsp3) is 0.588. The van der Waals surface area contributed by atoms with Gasteiger partial charge in [0.1, 0.15) is 5.82 Å². The molecule has 1 fully saturated rings. The van der Waals surface area contributed by atoms with Gasteiger partial charge in [0.15, 0.2) is 0 Å². The number of carbonyl (C=O) groups is 1. The van der Waals surface area contributed by atoms with Gasteiger partial charge in [-0.05, 0) is 37.0 Å². The minimum atomic E-state index is -0.886. The Labute approximate surface area is 148 Å². The Morgan fingerprint density at radius 2 is 2.13 bits per heavy atom. The summed E-state index contributed by atoms with van der Waals surface area (Å²) in [5.74, 6) is 0.244. The van der Waals surface area contributed by atoms with Crippen molar-refractivity contribution in [2.24, 2.45) is 0 Å². The van der Waals surface area contributed by atoms with Gasteiger partial charge in [0.2, 0.25) is 5.91 Å². The van der Waals surface area contributed by atoms with Crippen LogP contribution in [0.4, 0.5) is 4.39 Å². The average Bonchev–Trinajstić information content (AvgIpc) is 2.54. The molecule has 1 saturated carbocycles. The van der Waals surface area contributed by atoms with Crippen LogP contribution in [0.25, 0.3) is 0 Å². The van der Waals surface area contributed by atoms with Gasteiger partial charge in [0, 0.05) is 33.5 Å². The Hall–Kier alpha value is -0.750. The molecule has 1 aromatic carbocycles. The molecular weight excluding hydrogens is 381 g/mol. The third kappa shape index (κ3) is 5.38. The van der Waals surface area contributed by atoms with Crippen LogP contribution in [-0.4, -0.2) is 27.2 Å². The highest BCUT2D eigenvalue weighted by Crippen LogP contribution is 2.23. The van der Waals surface area contributed by atoms with Gasteiger partial charge in [-0.2, -0.15) is 0 Å². The van der Waals surface area contributed by atoms with E-state index >= 15 is 0 Å². The first kappa shape index (κ1) is 18.6. The number of hydrogen-bond donors (Lipinski definition) is 1. The van der Waals surface area contributed by atoms with Crippen LogP contribution in [0, 0.1) is 5.82 Å². The second-order valence-electron chi connectivity index (χ2n) is 5.90. The highest BCUT2D eigenvalue weighted by atomic mass is 79.9. The van der Waals surface area contributed by atoms with Crippen molar-refractivity contribution in [3.05, 3.63) is 34.1 Å². The van der Waals surface area contributed by atoms with Crippen LogP contribution in [0.5, 0.6) is 0 Å². The van der Waals surface area contributed by atoms with Gasteiger partial charge >= 0.3 is 0 Å². The molecule has 2 rings (SSSR count). The molecule has 128 valence electrons. The standard InChI is InChI=1S/C17H23BrFNO2S/c1-2-23(22)16-6-4-3-5-15(16)20-17(21)10-8-12-7-9-13(18)11-14(12)19/h7,9,11,15-16H,2-6,8,10H2,1H3,(H,20,21)/t15-,16+,23+/m0/s1. The molecule has 3 atom stereocenters. The Kier molecular flexibility index (Phi) is 7.21. The topological polar surface area (TPSA) is 46.2 Å². The molecule has 23 heavy (non-hydrogen) atoms. The van der Waals surface area contributed by atoms with E-state index in [-0.39, 0.29) is 29.4 Å². The molecule has 0 aromatic heterocycles. The van der Waals surface area contributed by atoms with Crippen molar-refractivity contribution >= 4 is 32.6 Å². The molecule has 1 aliphatic carbocycles. The fourth-order valence-electron chi connectivity index (χ4n) is 3.04. The molecule has 0 unspecified atom stereocenters. The Balaban J connectivity index is 1.89. The molecule has 3 nitrogen and oxygen atoms in total. The first-order valence-electron chi connectivity index (χ1n) is 8.11. The van der Waals surface area contributed by atoms with E-state index in [9.17, 15) is 13.4 Å². The molecular formula is C17H23BrFNO2S. The van der Waals surface area contributed by atoms with Crippen LogP contribution in [0.2, 0.25) is 0 Å². The molecule has 0 radical (unpaired) electrons. The molecule has 0 spiro atoms. The molecule has 1 aliphatic rings. The second kappa shape index (κ2) is 8.92. The number of amides is 1. The summed E-state index contributed by atoms with van der Waals surface area (Å²) in [5.41, 5.74) is 0.542. The van der Waals surface area contributed by atoms with Crippen LogP contribution < -0.4 is 5.32 Å². The van der Waals surface area contributed by atoms with Crippen molar-refractivity contribution in [2.45, 2.75) is 56.7 Å². The SMILES string of the molecule is CC[S@@](=O)[C@@H]1CCCC[C@@H]1NC(=O)CCc1ccc(Br)cc1F. The molecule has 1 N–H and O–H groups in total. The number of aryl methyl sites for hydroxylation is 1. The van der Waals surface area contributed by atoms with Crippen LogP contribution in [-0.2, 0) is 22.0 Å². The Bertz CT molecular complexity index is 582. The maximum Gasteiger partial charge on any atom is 0.220 e. The quantitative estimate of drug-likeness (QED) is 0.786. The molecule has 0 heterocycles. The van der Waals surface area contributed by atoms with Gasteiger partial charge in [-0.15, -0.1) is 0 Å². The summed E-state index contributed by atoms with van der Waals surface area (Å²) >= 11 is 3.22. The van der Waals surface area contributed by atoms with Gasteiger partial charge < -0.3 is 5.32 Å². The van der Waals surface area contributed by atoms with Crippen molar-refractivity contribution in [3.63, 3.8) is 0 Å². The number of hydrogen-bond acceptors (Lipinski definition) is 2. The van der Waals surface area contributed by atoms with E-state index in [4.69, 9.17) is 0 Å². The van der Waals surface area contributed by atoms with Crippen molar-refractivity contribution in [1.82, 2.24) is 5.32 Å². The molecule has 0 bridgehead atoms. The average molecular weight is 404 g/mol. The summed E-state index contributed by atoms with van der Waals surface area (Å²) < 4.78 is 26.6. The lowest BCUT2D eigenvalue weighted by Crippen LogP contribution is -2.47. The molecule has 0 saturated heterocycles. The maximum absolute atomic E-state index is 13.8. The van der Waals surface area contributed by atoms with E-state index in [0.29, 0.717) is 22.2 Å². The number of carbonyl (C=O) groups excluding carboxylic acids is 1. The predicted molar refractivity (Wildman–Crippen MR) is 95.3 cm³/mol. The van der Waals surface area contributed by atoms with Gasteiger partial charge in [0.05, 0.1) is 5.25 Å². The van der Waals surface area contributed by atoms with Crippen LogP contribution in [0.1, 0.15) is 44.6 Å². The van der Waals surface area contributed by atoms with Gasteiger partial charge in [-0.1, -0.05) is 41.8 Å². The van der Waals surface area contributed by atoms with Crippen molar-refractivity contribution < 1.29 is 13.4 Å². The predicted octanol–water partition coefficient (Wildman–Crippen LogP) is 3.72. The second-order valence-corrected chi connectivity index (χ2v) is 8.76. The maximum atomic E-state index is 13.8. The summed E-state index contributed by atoms with van der Waals surface area (Å²) in [7, 11) is -0.886. The summed E-state index contributed by atoms with van der Waals surface area (Å²) in [6.45, 7) is 1.92. The summed E-state index contributed by atoms with van der Waals surface area (Å²) in [4.78, 5) is 12.2. The smallest absolute Gasteiger partial charge is 0.220 e.